The summed E-state index contributed by atoms with van der Waals surface area (Å²) in [6.07, 6.45) is 6.68. The summed E-state index contributed by atoms with van der Waals surface area (Å²) in [5.74, 6) is 0.205. The molecule has 10 heteroatoms. The van der Waals surface area contributed by atoms with Gasteiger partial charge >= 0.3 is 0 Å². The predicted molar refractivity (Wildman–Crippen MR) is 134 cm³/mol. The summed E-state index contributed by atoms with van der Waals surface area (Å²) in [6, 6.07) is 14.9. The zero-order valence-corrected chi connectivity index (χ0v) is 20.4. The highest BCUT2D eigenvalue weighted by Gasteiger charge is 2.45. The van der Waals surface area contributed by atoms with E-state index in [9.17, 15) is 0 Å². The van der Waals surface area contributed by atoms with Crippen molar-refractivity contribution in [1.29, 1.82) is 0 Å². The first-order chi connectivity index (χ1) is 17.0. The van der Waals surface area contributed by atoms with Crippen LogP contribution >= 0.6 is 23.2 Å². The summed E-state index contributed by atoms with van der Waals surface area (Å²) >= 11 is 12.6. The Morgan fingerprint density at radius 1 is 1.14 bits per heavy atom. The average Bonchev–Trinajstić information content (AvgIpc) is 3.54. The van der Waals surface area contributed by atoms with Gasteiger partial charge in [0.1, 0.15) is 18.5 Å². The maximum absolute atomic E-state index is 6.53. The van der Waals surface area contributed by atoms with E-state index in [0.29, 0.717) is 41.3 Å². The minimum atomic E-state index is -1.09. The SMILES string of the molecule is CNc1nccc(-c2ccc(OCC3COC(Cn4ccnc4)(c4ccc(Cl)cc4Cl)O3)cc2)n1. The molecule has 1 aliphatic rings. The van der Waals surface area contributed by atoms with Gasteiger partial charge in [-0.15, -0.1) is 0 Å². The van der Waals surface area contributed by atoms with Gasteiger partial charge in [-0.2, -0.15) is 0 Å². The Kier molecular flexibility index (Phi) is 6.88. The number of imidazole rings is 1. The molecule has 3 heterocycles. The molecule has 0 radical (unpaired) electrons. The molecule has 0 aliphatic carbocycles. The van der Waals surface area contributed by atoms with Crippen molar-refractivity contribution in [2.45, 2.75) is 18.4 Å². The van der Waals surface area contributed by atoms with Crippen LogP contribution in [-0.4, -0.2) is 45.9 Å². The molecular weight excluding hydrogens is 489 g/mol. The third-order valence-electron chi connectivity index (χ3n) is 5.62. The van der Waals surface area contributed by atoms with E-state index in [-0.39, 0.29) is 6.10 Å². The van der Waals surface area contributed by atoms with Gasteiger partial charge in [0.2, 0.25) is 11.7 Å². The lowest BCUT2D eigenvalue weighted by molar-refractivity contribution is -0.189. The number of hydrogen-bond donors (Lipinski definition) is 1. The third-order valence-corrected chi connectivity index (χ3v) is 6.16. The van der Waals surface area contributed by atoms with Gasteiger partial charge in [-0.1, -0.05) is 29.3 Å². The van der Waals surface area contributed by atoms with Crippen molar-refractivity contribution in [2.24, 2.45) is 0 Å². The lowest BCUT2D eigenvalue weighted by Crippen LogP contribution is -2.34. The number of rotatable bonds is 8. The van der Waals surface area contributed by atoms with E-state index in [1.807, 2.05) is 47.2 Å². The van der Waals surface area contributed by atoms with Gasteiger partial charge in [0.15, 0.2) is 0 Å². The monoisotopic (exact) mass is 511 g/mol. The minimum Gasteiger partial charge on any atom is -0.491 e. The molecule has 4 aromatic rings. The Hall–Kier alpha value is -3.17. The maximum Gasteiger partial charge on any atom is 0.222 e. The first-order valence-corrected chi connectivity index (χ1v) is 11.8. The molecule has 2 aromatic carbocycles. The Labute approximate surface area is 212 Å². The molecule has 2 unspecified atom stereocenters. The lowest BCUT2D eigenvalue weighted by atomic mass is 10.1. The van der Waals surface area contributed by atoms with Crippen molar-refractivity contribution >= 4 is 29.2 Å². The zero-order valence-electron chi connectivity index (χ0n) is 18.9. The van der Waals surface area contributed by atoms with Crippen LogP contribution in [0.1, 0.15) is 5.56 Å². The van der Waals surface area contributed by atoms with Gasteiger partial charge in [0.25, 0.3) is 0 Å². The number of nitrogens with zero attached hydrogens (tertiary/aromatic N) is 4. The van der Waals surface area contributed by atoms with Crippen molar-refractivity contribution in [3.63, 3.8) is 0 Å². The van der Waals surface area contributed by atoms with E-state index >= 15 is 0 Å². The molecular formula is C25H23Cl2N5O3. The van der Waals surface area contributed by atoms with Crippen LogP contribution in [0.25, 0.3) is 11.3 Å². The Bertz CT molecular complexity index is 1290. The van der Waals surface area contributed by atoms with Crippen LogP contribution in [-0.2, 0) is 21.8 Å². The number of anilines is 1. The molecule has 0 saturated carbocycles. The van der Waals surface area contributed by atoms with Gasteiger partial charge in [-0.25, -0.2) is 15.0 Å². The molecule has 1 N–H and O–H groups in total. The quantitative estimate of drug-likeness (QED) is 0.354. The smallest absolute Gasteiger partial charge is 0.222 e. The van der Waals surface area contributed by atoms with Crippen molar-refractivity contribution < 1.29 is 14.2 Å². The highest BCUT2D eigenvalue weighted by atomic mass is 35.5. The fourth-order valence-corrected chi connectivity index (χ4v) is 4.48. The topological polar surface area (TPSA) is 83.3 Å². The van der Waals surface area contributed by atoms with Crippen molar-refractivity contribution in [1.82, 2.24) is 19.5 Å². The van der Waals surface area contributed by atoms with Crippen LogP contribution in [0.4, 0.5) is 5.95 Å². The predicted octanol–water partition coefficient (Wildman–Crippen LogP) is 5.04. The maximum atomic E-state index is 6.53. The number of halogens is 2. The van der Waals surface area contributed by atoms with Crippen LogP contribution in [0.15, 0.2) is 73.4 Å². The fraction of sp³-hybridized carbons (Fsp3) is 0.240. The molecule has 1 saturated heterocycles. The molecule has 5 rings (SSSR count). The van der Waals surface area contributed by atoms with E-state index < -0.39 is 5.79 Å². The van der Waals surface area contributed by atoms with E-state index in [0.717, 1.165) is 17.0 Å². The summed E-state index contributed by atoms with van der Waals surface area (Å²) in [5, 5.41) is 3.96. The summed E-state index contributed by atoms with van der Waals surface area (Å²) in [6.45, 7) is 1.04. The van der Waals surface area contributed by atoms with Gasteiger partial charge < -0.3 is 24.1 Å². The van der Waals surface area contributed by atoms with Crippen molar-refractivity contribution in [2.75, 3.05) is 25.6 Å². The fourth-order valence-electron chi connectivity index (χ4n) is 3.93. The van der Waals surface area contributed by atoms with Crippen LogP contribution in [0.3, 0.4) is 0 Å². The van der Waals surface area contributed by atoms with Crippen LogP contribution in [0.5, 0.6) is 5.75 Å². The average molecular weight is 512 g/mol. The van der Waals surface area contributed by atoms with Crippen molar-refractivity contribution in [3.05, 3.63) is 89.1 Å². The van der Waals surface area contributed by atoms with Gasteiger partial charge in [0, 0.05) is 41.8 Å². The highest BCUT2D eigenvalue weighted by Crippen LogP contribution is 2.40. The summed E-state index contributed by atoms with van der Waals surface area (Å²) in [5.41, 5.74) is 2.50. The first kappa shape index (κ1) is 23.6. The normalized spacial score (nSPS) is 19.6. The van der Waals surface area contributed by atoms with E-state index in [1.165, 1.54) is 0 Å². The molecule has 1 fully saturated rings. The summed E-state index contributed by atoms with van der Waals surface area (Å²) < 4.78 is 20.5. The lowest BCUT2D eigenvalue weighted by Gasteiger charge is -2.30. The second-order valence-corrected chi connectivity index (χ2v) is 8.86. The van der Waals surface area contributed by atoms with E-state index in [1.54, 1.807) is 37.9 Å². The first-order valence-electron chi connectivity index (χ1n) is 11.0. The third kappa shape index (κ3) is 5.26. The van der Waals surface area contributed by atoms with Crippen LogP contribution < -0.4 is 10.1 Å². The molecule has 180 valence electrons. The Morgan fingerprint density at radius 2 is 2.00 bits per heavy atom. The second kappa shape index (κ2) is 10.2. The Balaban J connectivity index is 1.28. The number of aromatic nitrogens is 4. The van der Waals surface area contributed by atoms with Crippen molar-refractivity contribution in [3.8, 4) is 17.0 Å². The minimum absolute atomic E-state index is 0.301. The van der Waals surface area contributed by atoms with E-state index in [2.05, 4.69) is 20.3 Å². The summed E-state index contributed by atoms with van der Waals surface area (Å²) in [7, 11) is 1.79. The van der Waals surface area contributed by atoms with Gasteiger partial charge in [0.05, 0.1) is 30.2 Å². The molecule has 2 atom stereocenters. The van der Waals surface area contributed by atoms with Gasteiger partial charge in [-0.05, 0) is 42.5 Å². The van der Waals surface area contributed by atoms with Crippen LogP contribution in [0, 0.1) is 0 Å². The Morgan fingerprint density at radius 3 is 2.74 bits per heavy atom. The molecule has 0 bridgehead atoms. The number of nitrogens with one attached hydrogen (secondary N) is 1. The molecule has 0 spiro atoms. The molecule has 0 amide bonds. The highest BCUT2D eigenvalue weighted by molar-refractivity contribution is 6.35. The number of hydrogen-bond acceptors (Lipinski definition) is 7. The molecule has 8 nitrogen and oxygen atoms in total. The zero-order chi connectivity index (χ0) is 24.3. The standard InChI is InChI=1S/C25H23Cl2N5O3/c1-28-24-30-9-8-23(31-24)17-2-5-19(6-3-17)33-13-20-14-34-25(35-20,15-32-11-10-29-16-32)21-7-4-18(26)12-22(21)27/h2-12,16,20H,13-15H2,1H3,(H,28,30,31). The largest absolute Gasteiger partial charge is 0.491 e. The van der Waals surface area contributed by atoms with E-state index in [4.69, 9.17) is 37.4 Å². The molecule has 35 heavy (non-hydrogen) atoms. The number of benzene rings is 2. The molecule has 1 aliphatic heterocycles. The summed E-state index contributed by atoms with van der Waals surface area (Å²) in [4.78, 5) is 12.7. The van der Waals surface area contributed by atoms with Gasteiger partial charge in [-0.3, -0.25) is 0 Å². The number of ether oxygens (including phenoxy) is 3. The van der Waals surface area contributed by atoms with Crippen LogP contribution in [0.2, 0.25) is 10.0 Å². The second-order valence-electron chi connectivity index (χ2n) is 8.01. The molecule has 2 aromatic heterocycles.